The summed E-state index contributed by atoms with van der Waals surface area (Å²) < 4.78 is 13.3. The summed E-state index contributed by atoms with van der Waals surface area (Å²) in [5.74, 6) is 1.27. The maximum atomic E-state index is 13.3. The van der Waals surface area contributed by atoms with Crippen LogP contribution in [0.25, 0.3) is 0 Å². The molecule has 1 rings (SSSR count). The summed E-state index contributed by atoms with van der Waals surface area (Å²) in [4.78, 5) is 0. The monoisotopic (exact) mass is 279 g/mol. The van der Waals surface area contributed by atoms with Crippen LogP contribution >= 0.6 is 0 Å². The molecule has 0 fully saturated rings. The van der Waals surface area contributed by atoms with Gasteiger partial charge in [-0.25, -0.2) is 4.39 Å². The summed E-state index contributed by atoms with van der Waals surface area (Å²) in [5, 5.41) is 3.53. The van der Waals surface area contributed by atoms with Crippen LogP contribution < -0.4 is 5.32 Å². The van der Waals surface area contributed by atoms with Crippen LogP contribution in [0.15, 0.2) is 24.3 Å². The fraction of sp³-hybridized carbons (Fsp3) is 0.667. The number of rotatable bonds is 10. The molecule has 0 aromatic heterocycles. The van der Waals surface area contributed by atoms with Gasteiger partial charge in [0.1, 0.15) is 5.82 Å². The SMILES string of the molecule is CCCNCC(Cc1cccc(F)c1)CC(CC)CC. The molecule has 20 heavy (non-hydrogen) atoms. The van der Waals surface area contributed by atoms with E-state index >= 15 is 0 Å². The molecule has 0 aliphatic heterocycles. The molecule has 0 amide bonds. The van der Waals surface area contributed by atoms with Crippen molar-refractivity contribution in [2.24, 2.45) is 11.8 Å². The Bertz CT molecular complexity index is 360. The van der Waals surface area contributed by atoms with Gasteiger partial charge >= 0.3 is 0 Å². The van der Waals surface area contributed by atoms with E-state index in [1.54, 1.807) is 6.07 Å². The predicted octanol–water partition coefficient (Wildman–Crippen LogP) is 4.81. The van der Waals surface area contributed by atoms with Crippen LogP contribution in [-0.4, -0.2) is 13.1 Å². The first-order valence-corrected chi connectivity index (χ1v) is 8.14. The number of hydrogen-bond donors (Lipinski definition) is 1. The highest BCUT2D eigenvalue weighted by molar-refractivity contribution is 5.16. The average molecular weight is 279 g/mol. The molecule has 0 spiro atoms. The molecule has 0 saturated heterocycles. The maximum absolute atomic E-state index is 13.3. The van der Waals surface area contributed by atoms with Crippen LogP contribution in [0.4, 0.5) is 4.39 Å². The van der Waals surface area contributed by atoms with E-state index in [0.717, 1.165) is 37.4 Å². The molecular weight excluding hydrogens is 249 g/mol. The van der Waals surface area contributed by atoms with Crippen LogP contribution in [0.2, 0.25) is 0 Å². The zero-order valence-electron chi connectivity index (χ0n) is 13.3. The van der Waals surface area contributed by atoms with Gasteiger partial charge in [-0.15, -0.1) is 0 Å². The molecule has 0 aliphatic carbocycles. The molecule has 0 saturated carbocycles. The summed E-state index contributed by atoms with van der Waals surface area (Å²) in [6.07, 6.45) is 5.86. The van der Waals surface area contributed by atoms with Crippen LogP contribution in [0, 0.1) is 17.7 Å². The summed E-state index contributed by atoms with van der Waals surface area (Å²) >= 11 is 0. The van der Waals surface area contributed by atoms with Crippen LogP contribution in [0.1, 0.15) is 52.0 Å². The van der Waals surface area contributed by atoms with Gasteiger partial charge in [0, 0.05) is 0 Å². The van der Waals surface area contributed by atoms with Crippen molar-refractivity contribution in [3.05, 3.63) is 35.6 Å². The van der Waals surface area contributed by atoms with E-state index in [-0.39, 0.29) is 5.82 Å². The smallest absolute Gasteiger partial charge is 0.123 e. The van der Waals surface area contributed by atoms with E-state index in [1.165, 1.54) is 25.3 Å². The lowest BCUT2D eigenvalue weighted by molar-refractivity contribution is 0.338. The summed E-state index contributed by atoms with van der Waals surface area (Å²) in [5.41, 5.74) is 1.12. The van der Waals surface area contributed by atoms with Gasteiger partial charge in [-0.1, -0.05) is 45.7 Å². The number of halogens is 1. The molecule has 2 heteroatoms. The Morgan fingerprint density at radius 1 is 1.10 bits per heavy atom. The third kappa shape index (κ3) is 6.51. The van der Waals surface area contributed by atoms with E-state index in [9.17, 15) is 4.39 Å². The van der Waals surface area contributed by atoms with Crippen LogP contribution in [-0.2, 0) is 6.42 Å². The molecule has 1 aromatic carbocycles. The Balaban J connectivity index is 2.60. The highest BCUT2D eigenvalue weighted by atomic mass is 19.1. The molecule has 0 aliphatic rings. The average Bonchev–Trinajstić information content (AvgIpc) is 2.44. The lowest BCUT2D eigenvalue weighted by Crippen LogP contribution is -2.26. The summed E-state index contributed by atoms with van der Waals surface area (Å²) in [6, 6.07) is 7.07. The Morgan fingerprint density at radius 3 is 2.45 bits per heavy atom. The van der Waals surface area contributed by atoms with E-state index in [4.69, 9.17) is 0 Å². The maximum Gasteiger partial charge on any atom is 0.123 e. The third-order valence-electron chi connectivity index (χ3n) is 4.09. The number of hydrogen-bond acceptors (Lipinski definition) is 1. The first-order chi connectivity index (χ1) is 9.69. The zero-order valence-corrected chi connectivity index (χ0v) is 13.3. The Kier molecular flexibility index (Phi) is 8.52. The predicted molar refractivity (Wildman–Crippen MR) is 85.4 cm³/mol. The molecule has 1 aromatic rings. The summed E-state index contributed by atoms with van der Waals surface area (Å²) in [7, 11) is 0. The van der Waals surface area contributed by atoms with E-state index < -0.39 is 0 Å². The summed E-state index contributed by atoms with van der Waals surface area (Å²) in [6.45, 7) is 8.85. The highest BCUT2D eigenvalue weighted by Gasteiger charge is 2.15. The van der Waals surface area contributed by atoms with Crippen molar-refractivity contribution in [3.63, 3.8) is 0 Å². The van der Waals surface area contributed by atoms with Gasteiger partial charge in [0.2, 0.25) is 0 Å². The molecule has 1 unspecified atom stereocenters. The van der Waals surface area contributed by atoms with Gasteiger partial charge in [0.15, 0.2) is 0 Å². The fourth-order valence-electron chi connectivity index (χ4n) is 2.81. The van der Waals surface area contributed by atoms with Crippen molar-refractivity contribution >= 4 is 0 Å². The lowest BCUT2D eigenvalue weighted by Gasteiger charge is -2.22. The fourth-order valence-corrected chi connectivity index (χ4v) is 2.81. The number of benzene rings is 1. The van der Waals surface area contributed by atoms with Crippen molar-refractivity contribution in [1.82, 2.24) is 5.32 Å². The van der Waals surface area contributed by atoms with E-state index in [1.807, 2.05) is 12.1 Å². The van der Waals surface area contributed by atoms with Gasteiger partial charge in [0.05, 0.1) is 0 Å². The zero-order chi connectivity index (χ0) is 14.8. The molecule has 114 valence electrons. The first kappa shape index (κ1) is 17.2. The quantitative estimate of drug-likeness (QED) is 0.606. The van der Waals surface area contributed by atoms with Gasteiger partial charge in [-0.3, -0.25) is 0 Å². The number of nitrogens with one attached hydrogen (secondary N) is 1. The Hall–Kier alpha value is -0.890. The van der Waals surface area contributed by atoms with Crippen molar-refractivity contribution in [2.45, 2.75) is 52.9 Å². The molecule has 0 heterocycles. The van der Waals surface area contributed by atoms with Gasteiger partial charge in [0.25, 0.3) is 0 Å². The second-order valence-corrected chi connectivity index (χ2v) is 5.82. The normalized spacial score (nSPS) is 12.8. The van der Waals surface area contributed by atoms with Crippen molar-refractivity contribution in [2.75, 3.05) is 13.1 Å². The molecule has 0 radical (unpaired) electrons. The van der Waals surface area contributed by atoms with Crippen molar-refractivity contribution < 1.29 is 4.39 Å². The van der Waals surface area contributed by atoms with Gasteiger partial charge < -0.3 is 5.32 Å². The van der Waals surface area contributed by atoms with E-state index in [0.29, 0.717) is 5.92 Å². The van der Waals surface area contributed by atoms with E-state index in [2.05, 4.69) is 26.1 Å². The van der Waals surface area contributed by atoms with Gasteiger partial charge in [-0.05, 0) is 61.9 Å². The Labute approximate surface area is 124 Å². The third-order valence-corrected chi connectivity index (χ3v) is 4.09. The highest BCUT2D eigenvalue weighted by Crippen LogP contribution is 2.22. The molecule has 1 nitrogen and oxygen atoms in total. The topological polar surface area (TPSA) is 12.0 Å². The standard InChI is InChI=1S/C18H30FN/c1-4-10-20-14-17(11-15(5-2)6-3)12-16-8-7-9-18(19)13-16/h7-9,13,15,17,20H,4-6,10-12,14H2,1-3H3. The first-order valence-electron chi connectivity index (χ1n) is 8.14. The molecule has 1 atom stereocenters. The van der Waals surface area contributed by atoms with Crippen molar-refractivity contribution in [1.29, 1.82) is 0 Å². The van der Waals surface area contributed by atoms with Gasteiger partial charge in [-0.2, -0.15) is 0 Å². The van der Waals surface area contributed by atoms with Crippen LogP contribution in [0.5, 0.6) is 0 Å². The lowest BCUT2D eigenvalue weighted by atomic mass is 9.86. The minimum Gasteiger partial charge on any atom is -0.316 e. The van der Waals surface area contributed by atoms with Crippen LogP contribution in [0.3, 0.4) is 0 Å². The minimum absolute atomic E-state index is 0.120. The largest absolute Gasteiger partial charge is 0.316 e. The molecule has 1 N–H and O–H groups in total. The Morgan fingerprint density at radius 2 is 1.85 bits per heavy atom. The minimum atomic E-state index is -0.120. The second-order valence-electron chi connectivity index (χ2n) is 5.82. The van der Waals surface area contributed by atoms with Crippen molar-refractivity contribution in [3.8, 4) is 0 Å². The molecular formula is C18H30FN. The molecule has 0 bridgehead atoms. The second kappa shape index (κ2) is 9.93.